The van der Waals surface area contributed by atoms with Gasteiger partial charge in [-0.2, -0.15) is 0 Å². The Hall–Kier alpha value is -0.730. The van der Waals surface area contributed by atoms with E-state index in [9.17, 15) is 0 Å². The minimum atomic E-state index is -0.241. The molecule has 3 heteroatoms. The molecule has 0 atom stereocenters. The van der Waals surface area contributed by atoms with Crippen molar-refractivity contribution in [3.8, 4) is 5.75 Å². The maximum absolute atomic E-state index is 6.38. The first-order valence-electron chi connectivity index (χ1n) is 6.15. The van der Waals surface area contributed by atoms with Crippen LogP contribution >= 0.6 is 11.6 Å². The van der Waals surface area contributed by atoms with Gasteiger partial charge in [-0.1, -0.05) is 31.5 Å². The molecule has 0 heterocycles. The SMILES string of the molecule is COc1cc(C(C)C)cc(C2(N)CCC2)c1Cl. The molecule has 1 fully saturated rings. The molecule has 0 amide bonds. The molecule has 1 aromatic carbocycles. The van der Waals surface area contributed by atoms with Crippen molar-refractivity contribution in [2.24, 2.45) is 5.73 Å². The van der Waals surface area contributed by atoms with Gasteiger partial charge in [-0.25, -0.2) is 0 Å². The van der Waals surface area contributed by atoms with E-state index in [-0.39, 0.29) is 5.54 Å². The first-order valence-corrected chi connectivity index (χ1v) is 6.52. The second kappa shape index (κ2) is 4.51. The molecule has 0 spiro atoms. The van der Waals surface area contributed by atoms with Gasteiger partial charge in [0.05, 0.1) is 12.1 Å². The molecule has 94 valence electrons. The van der Waals surface area contributed by atoms with Crippen LogP contribution in [0.15, 0.2) is 12.1 Å². The maximum atomic E-state index is 6.38. The molecule has 1 aliphatic rings. The van der Waals surface area contributed by atoms with Crippen LogP contribution < -0.4 is 10.5 Å². The van der Waals surface area contributed by atoms with Crippen LogP contribution in [0.25, 0.3) is 0 Å². The number of nitrogens with two attached hydrogens (primary N) is 1. The van der Waals surface area contributed by atoms with E-state index in [4.69, 9.17) is 22.1 Å². The van der Waals surface area contributed by atoms with E-state index >= 15 is 0 Å². The van der Waals surface area contributed by atoms with Crippen molar-refractivity contribution in [2.75, 3.05) is 7.11 Å². The minimum Gasteiger partial charge on any atom is -0.495 e. The molecule has 1 aliphatic carbocycles. The Morgan fingerprint density at radius 1 is 1.35 bits per heavy atom. The second-order valence-corrected chi connectivity index (χ2v) is 5.63. The highest BCUT2D eigenvalue weighted by molar-refractivity contribution is 6.33. The fourth-order valence-corrected chi connectivity index (χ4v) is 2.66. The van der Waals surface area contributed by atoms with Crippen LogP contribution in [0, 0.1) is 0 Å². The normalized spacial score (nSPS) is 18.0. The molecular weight excluding hydrogens is 234 g/mol. The Morgan fingerprint density at radius 2 is 2.00 bits per heavy atom. The third-order valence-corrected chi connectivity index (χ3v) is 4.12. The maximum Gasteiger partial charge on any atom is 0.138 e. The number of methoxy groups -OCH3 is 1. The standard InChI is InChI=1S/C14H20ClNO/c1-9(2)10-7-11(14(16)5-4-6-14)13(15)12(8-10)17-3/h7-9H,4-6,16H2,1-3H3. The highest BCUT2D eigenvalue weighted by Crippen LogP contribution is 2.45. The highest BCUT2D eigenvalue weighted by Gasteiger charge is 2.37. The summed E-state index contributed by atoms with van der Waals surface area (Å²) in [5.41, 5.74) is 8.42. The fourth-order valence-electron chi connectivity index (χ4n) is 2.29. The van der Waals surface area contributed by atoms with Crippen LogP contribution in [-0.2, 0) is 5.54 Å². The Labute approximate surface area is 108 Å². The van der Waals surface area contributed by atoms with Gasteiger partial charge >= 0.3 is 0 Å². The van der Waals surface area contributed by atoms with Crippen molar-refractivity contribution in [1.82, 2.24) is 0 Å². The minimum absolute atomic E-state index is 0.241. The molecule has 1 saturated carbocycles. The van der Waals surface area contributed by atoms with Crippen LogP contribution in [0.4, 0.5) is 0 Å². The first kappa shape index (κ1) is 12.7. The van der Waals surface area contributed by atoms with Crippen molar-refractivity contribution in [1.29, 1.82) is 0 Å². The molecule has 0 aliphatic heterocycles. The summed E-state index contributed by atoms with van der Waals surface area (Å²) in [5, 5.41) is 0.680. The van der Waals surface area contributed by atoms with Crippen LogP contribution in [0.3, 0.4) is 0 Å². The van der Waals surface area contributed by atoms with E-state index in [1.54, 1.807) is 7.11 Å². The van der Waals surface area contributed by atoms with Crippen LogP contribution in [0.5, 0.6) is 5.75 Å². The molecule has 0 radical (unpaired) electrons. The van der Waals surface area contributed by atoms with E-state index < -0.39 is 0 Å². The lowest BCUT2D eigenvalue weighted by Gasteiger charge is -2.39. The van der Waals surface area contributed by atoms with Gasteiger partial charge < -0.3 is 10.5 Å². The zero-order chi connectivity index (χ0) is 12.6. The molecule has 0 aromatic heterocycles. The average molecular weight is 254 g/mol. The predicted molar refractivity (Wildman–Crippen MR) is 71.8 cm³/mol. The predicted octanol–water partition coefficient (Wildman–Crippen LogP) is 3.81. The monoisotopic (exact) mass is 253 g/mol. The third kappa shape index (κ3) is 2.16. The summed E-state index contributed by atoms with van der Waals surface area (Å²) in [6.07, 6.45) is 3.20. The van der Waals surface area contributed by atoms with Gasteiger partial charge in [-0.05, 0) is 42.4 Å². The van der Waals surface area contributed by atoms with Crippen molar-refractivity contribution in [3.63, 3.8) is 0 Å². The van der Waals surface area contributed by atoms with Crippen LogP contribution in [0.1, 0.15) is 50.2 Å². The number of benzene rings is 1. The van der Waals surface area contributed by atoms with Gasteiger partial charge in [0.15, 0.2) is 0 Å². The highest BCUT2D eigenvalue weighted by atomic mass is 35.5. The molecule has 1 aromatic rings. The summed E-state index contributed by atoms with van der Waals surface area (Å²) in [5.74, 6) is 1.19. The van der Waals surface area contributed by atoms with Gasteiger partial charge in [-0.3, -0.25) is 0 Å². The lowest BCUT2D eigenvalue weighted by Crippen LogP contribution is -2.43. The summed E-state index contributed by atoms with van der Waals surface area (Å²) >= 11 is 6.38. The van der Waals surface area contributed by atoms with Gasteiger partial charge in [0, 0.05) is 5.54 Å². The number of rotatable bonds is 3. The summed E-state index contributed by atoms with van der Waals surface area (Å²) in [4.78, 5) is 0. The summed E-state index contributed by atoms with van der Waals surface area (Å²) in [6.45, 7) is 4.33. The lowest BCUT2D eigenvalue weighted by molar-refractivity contribution is 0.252. The zero-order valence-corrected chi connectivity index (χ0v) is 11.5. The van der Waals surface area contributed by atoms with Crippen molar-refractivity contribution >= 4 is 11.6 Å². The van der Waals surface area contributed by atoms with Crippen molar-refractivity contribution in [3.05, 3.63) is 28.3 Å². The van der Waals surface area contributed by atoms with E-state index in [1.165, 1.54) is 12.0 Å². The Kier molecular flexibility index (Phi) is 3.37. The molecule has 0 saturated heterocycles. The quantitative estimate of drug-likeness (QED) is 0.889. The van der Waals surface area contributed by atoms with Gasteiger partial charge in [0.1, 0.15) is 5.75 Å². The molecule has 2 rings (SSSR count). The van der Waals surface area contributed by atoms with E-state index in [2.05, 4.69) is 19.9 Å². The van der Waals surface area contributed by atoms with E-state index in [0.717, 1.165) is 24.2 Å². The number of hydrogen-bond donors (Lipinski definition) is 1. The number of ether oxygens (including phenoxy) is 1. The largest absolute Gasteiger partial charge is 0.495 e. The Balaban J connectivity index is 2.53. The molecule has 2 N–H and O–H groups in total. The number of hydrogen-bond acceptors (Lipinski definition) is 2. The molecule has 0 unspecified atom stereocenters. The summed E-state index contributed by atoms with van der Waals surface area (Å²) in [6, 6.07) is 4.16. The van der Waals surface area contributed by atoms with Crippen LogP contribution in [-0.4, -0.2) is 7.11 Å². The van der Waals surface area contributed by atoms with Gasteiger partial charge in [-0.15, -0.1) is 0 Å². The van der Waals surface area contributed by atoms with E-state index in [0.29, 0.717) is 10.9 Å². The first-order chi connectivity index (χ1) is 7.98. The van der Waals surface area contributed by atoms with Crippen molar-refractivity contribution < 1.29 is 4.74 Å². The average Bonchev–Trinajstić information content (AvgIpc) is 2.26. The molecular formula is C14H20ClNO. The lowest BCUT2D eigenvalue weighted by atomic mass is 9.72. The smallest absolute Gasteiger partial charge is 0.138 e. The summed E-state index contributed by atoms with van der Waals surface area (Å²) in [7, 11) is 1.65. The molecule has 17 heavy (non-hydrogen) atoms. The van der Waals surface area contributed by atoms with Crippen molar-refractivity contribution in [2.45, 2.75) is 44.6 Å². The van der Waals surface area contributed by atoms with Crippen LogP contribution in [0.2, 0.25) is 5.02 Å². The van der Waals surface area contributed by atoms with Gasteiger partial charge in [0.2, 0.25) is 0 Å². The zero-order valence-electron chi connectivity index (χ0n) is 10.7. The molecule has 2 nitrogen and oxygen atoms in total. The van der Waals surface area contributed by atoms with E-state index in [1.807, 2.05) is 6.07 Å². The molecule has 0 bridgehead atoms. The Morgan fingerprint density at radius 3 is 2.41 bits per heavy atom. The fraction of sp³-hybridized carbons (Fsp3) is 0.571. The summed E-state index contributed by atoms with van der Waals surface area (Å²) < 4.78 is 5.35. The topological polar surface area (TPSA) is 35.2 Å². The van der Waals surface area contributed by atoms with Gasteiger partial charge in [0.25, 0.3) is 0 Å². The number of halogens is 1. The third-order valence-electron chi connectivity index (χ3n) is 3.73. The Bertz CT molecular complexity index is 424. The second-order valence-electron chi connectivity index (χ2n) is 5.25.